The summed E-state index contributed by atoms with van der Waals surface area (Å²) < 4.78 is 0. The quantitative estimate of drug-likeness (QED) is 0.500. The van der Waals surface area contributed by atoms with Gasteiger partial charge < -0.3 is 4.79 Å². The molecule has 1 aliphatic heterocycles. The van der Waals surface area contributed by atoms with E-state index in [2.05, 4.69) is 16.4 Å². The Bertz CT molecular complexity index is 218. The molecule has 0 aliphatic carbocycles. The Kier molecular flexibility index (Phi) is 4.48. The van der Waals surface area contributed by atoms with Gasteiger partial charge in [0.15, 0.2) is 0 Å². The molecule has 0 spiro atoms. The minimum Gasteiger partial charge on any atom is -0.303 e. The van der Waals surface area contributed by atoms with Crippen molar-refractivity contribution in [3.63, 3.8) is 0 Å². The van der Waals surface area contributed by atoms with Crippen molar-refractivity contribution in [2.24, 2.45) is 5.41 Å². The lowest BCUT2D eigenvalue weighted by atomic mass is 9.95. The smallest absolute Gasteiger partial charge is 0.126 e. The van der Waals surface area contributed by atoms with Crippen LogP contribution < -0.4 is 0 Å². The van der Waals surface area contributed by atoms with Gasteiger partial charge in [-0.2, -0.15) is 0 Å². The van der Waals surface area contributed by atoms with E-state index in [1.54, 1.807) is 0 Å². The van der Waals surface area contributed by atoms with E-state index in [-0.39, 0.29) is 5.41 Å². The zero-order valence-electron chi connectivity index (χ0n) is 9.91. The standard InChI is InChI=1S/C12H22N2O/c1-4-5-13-6-8-14(9-7-13)10-12(2,3)11-15/h4,11H,1,5-10H2,2-3H3. The maximum absolute atomic E-state index is 10.8. The van der Waals surface area contributed by atoms with Gasteiger partial charge in [-0.05, 0) is 0 Å². The molecule has 0 bridgehead atoms. The fraction of sp³-hybridized carbons (Fsp3) is 0.750. The van der Waals surface area contributed by atoms with Crippen molar-refractivity contribution in [1.29, 1.82) is 0 Å². The Labute approximate surface area is 92.7 Å². The third-order valence-corrected chi connectivity index (χ3v) is 2.80. The second-order valence-electron chi connectivity index (χ2n) is 4.97. The molecule has 1 saturated heterocycles. The molecule has 3 heteroatoms. The number of rotatable bonds is 5. The SMILES string of the molecule is C=CCN1CCN(CC(C)(C)C=O)CC1. The Morgan fingerprint density at radius 3 is 2.20 bits per heavy atom. The van der Waals surface area contributed by atoms with Crippen molar-refractivity contribution in [2.75, 3.05) is 39.3 Å². The van der Waals surface area contributed by atoms with E-state index in [9.17, 15) is 4.79 Å². The first-order valence-electron chi connectivity index (χ1n) is 5.59. The molecule has 0 aromatic carbocycles. The summed E-state index contributed by atoms with van der Waals surface area (Å²) in [7, 11) is 0. The van der Waals surface area contributed by atoms with Gasteiger partial charge in [0.05, 0.1) is 0 Å². The van der Waals surface area contributed by atoms with Crippen molar-refractivity contribution >= 4 is 6.29 Å². The highest BCUT2D eigenvalue weighted by atomic mass is 16.1. The zero-order chi connectivity index (χ0) is 11.3. The molecule has 0 aromatic rings. The number of carbonyl (C=O) groups excluding carboxylic acids is 1. The lowest BCUT2D eigenvalue weighted by molar-refractivity contribution is -0.115. The van der Waals surface area contributed by atoms with Gasteiger partial charge in [0, 0.05) is 44.7 Å². The van der Waals surface area contributed by atoms with E-state index < -0.39 is 0 Å². The van der Waals surface area contributed by atoms with Gasteiger partial charge >= 0.3 is 0 Å². The molecule has 0 amide bonds. The van der Waals surface area contributed by atoms with Crippen molar-refractivity contribution in [2.45, 2.75) is 13.8 Å². The topological polar surface area (TPSA) is 23.6 Å². The van der Waals surface area contributed by atoms with Crippen LogP contribution in [0.15, 0.2) is 12.7 Å². The number of aldehydes is 1. The molecule has 0 saturated carbocycles. The second kappa shape index (κ2) is 5.42. The fourth-order valence-corrected chi connectivity index (χ4v) is 1.93. The summed E-state index contributed by atoms with van der Waals surface area (Å²) in [5, 5.41) is 0. The van der Waals surface area contributed by atoms with Gasteiger partial charge in [-0.3, -0.25) is 9.80 Å². The lowest BCUT2D eigenvalue weighted by Gasteiger charge is -2.36. The number of hydrogen-bond acceptors (Lipinski definition) is 3. The zero-order valence-corrected chi connectivity index (χ0v) is 9.91. The van der Waals surface area contributed by atoms with Crippen LogP contribution in [0.1, 0.15) is 13.8 Å². The van der Waals surface area contributed by atoms with Crippen molar-refractivity contribution in [1.82, 2.24) is 9.80 Å². The van der Waals surface area contributed by atoms with Crippen LogP contribution in [0.25, 0.3) is 0 Å². The third kappa shape index (κ3) is 4.14. The Morgan fingerprint density at radius 2 is 1.73 bits per heavy atom. The highest BCUT2D eigenvalue weighted by Crippen LogP contribution is 2.14. The number of nitrogens with zero attached hydrogens (tertiary/aromatic N) is 2. The Hall–Kier alpha value is -0.670. The first kappa shape index (κ1) is 12.4. The number of piperazine rings is 1. The first-order chi connectivity index (χ1) is 7.07. The highest BCUT2D eigenvalue weighted by Gasteiger charge is 2.23. The molecule has 1 fully saturated rings. The molecule has 1 heterocycles. The first-order valence-corrected chi connectivity index (χ1v) is 5.59. The minimum absolute atomic E-state index is 0.208. The predicted octanol–water partition coefficient (Wildman–Crippen LogP) is 1.02. The molecular formula is C12H22N2O. The van der Waals surface area contributed by atoms with Crippen LogP contribution in [0.5, 0.6) is 0 Å². The van der Waals surface area contributed by atoms with Crippen LogP contribution in [0.4, 0.5) is 0 Å². The lowest BCUT2D eigenvalue weighted by Crippen LogP contribution is -2.49. The molecule has 0 N–H and O–H groups in total. The minimum atomic E-state index is -0.208. The van der Waals surface area contributed by atoms with Gasteiger partial charge in [-0.1, -0.05) is 19.9 Å². The van der Waals surface area contributed by atoms with E-state index in [4.69, 9.17) is 0 Å². The van der Waals surface area contributed by atoms with Crippen molar-refractivity contribution in [3.8, 4) is 0 Å². The Morgan fingerprint density at radius 1 is 1.20 bits per heavy atom. The van der Waals surface area contributed by atoms with Gasteiger partial charge in [0.25, 0.3) is 0 Å². The van der Waals surface area contributed by atoms with Crippen LogP contribution in [0.2, 0.25) is 0 Å². The van der Waals surface area contributed by atoms with E-state index in [0.717, 1.165) is 45.6 Å². The predicted molar refractivity (Wildman–Crippen MR) is 62.9 cm³/mol. The summed E-state index contributed by atoms with van der Waals surface area (Å²) in [5.74, 6) is 0. The molecule has 0 radical (unpaired) electrons. The summed E-state index contributed by atoms with van der Waals surface area (Å²) in [4.78, 5) is 15.6. The average molecular weight is 210 g/mol. The maximum Gasteiger partial charge on any atom is 0.126 e. The summed E-state index contributed by atoms with van der Waals surface area (Å²) in [5.41, 5.74) is -0.208. The van der Waals surface area contributed by atoms with Crippen molar-refractivity contribution in [3.05, 3.63) is 12.7 Å². The van der Waals surface area contributed by atoms with Gasteiger partial charge in [-0.25, -0.2) is 0 Å². The molecule has 1 rings (SSSR count). The second-order valence-corrected chi connectivity index (χ2v) is 4.97. The molecule has 0 atom stereocenters. The largest absolute Gasteiger partial charge is 0.303 e. The van der Waals surface area contributed by atoms with Crippen LogP contribution in [-0.2, 0) is 4.79 Å². The third-order valence-electron chi connectivity index (χ3n) is 2.80. The normalized spacial score (nSPS) is 20.1. The summed E-state index contributed by atoms with van der Waals surface area (Å²) in [6.07, 6.45) is 3.01. The van der Waals surface area contributed by atoms with Crippen LogP contribution in [0.3, 0.4) is 0 Å². The maximum atomic E-state index is 10.8. The molecule has 86 valence electrons. The summed E-state index contributed by atoms with van der Waals surface area (Å²) in [6.45, 7) is 13.9. The van der Waals surface area contributed by atoms with Crippen LogP contribution in [-0.4, -0.2) is 55.4 Å². The van der Waals surface area contributed by atoms with Gasteiger partial charge in [-0.15, -0.1) is 6.58 Å². The van der Waals surface area contributed by atoms with Gasteiger partial charge in [0.1, 0.15) is 6.29 Å². The molecule has 0 unspecified atom stereocenters. The summed E-state index contributed by atoms with van der Waals surface area (Å²) >= 11 is 0. The summed E-state index contributed by atoms with van der Waals surface area (Å²) in [6, 6.07) is 0. The monoisotopic (exact) mass is 210 g/mol. The van der Waals surface area contributed by atoms with Gasteiger partial charge in [0.2, 0.25) is 0 Å². The van der Waals surface area contributed by atoms with Crippen LogP contribution >= 0.6 is 0 Å². The average Bonchev–Trinajstić information content (AvgIpc) is 2.21. The van der Waals surface area contributed by atoms with Crippen molar-refractivity contribution < 1.29 is 4.79 Å². The van der Waals surface area contributed by atoms with E-state index >= 15 is 0 Å². The van der Waals surface area contributed by atoms with E-state index in [1.807, 2.05) is 19.9 Å². The fourth-order valence-electron chi connectivity index (χ4n) is 1.93. The molecule has 3 nitrogen and oxygen atoms in total. The molecular weight excluding hydrogens is 188 g/mol. The highest BCUT2D eigenvalue weighted by molar-refractivity contribution is 5.58. The number of carbonyl (C=O) groups is 1. The van der Waals surface area contributed by atoms with E-state index in [0.29, 0.717) is 0 Å². The van der Waals surface area contributed by atoms with Crippen LogP contribution in [0, 0.1) is 5.41 Å². The molecule has 0 aromatic heterocycles. The number of hydrogen-bond donors (Lipinski definition) is 0. The van der Waals surface area contributed by atoms with E-state index in [1.165, 1.54) is 0 Å². The Balaban J connectivity index is 2.31. The molecule has 1 aliphatic rings. The molecule has 15 heavy (non-hydrogen) atoms.